The molecule has 12 heteroatoms. The average Bonchev–Trinajstić information content (AvgIpc) is 3.36. The smallest absolute Gasteiger partial charge is 0.417 e. The molecule has 9 nitrogen and oxygen atoms in total. The van der Waals surface area contributed by atoms with E-state index in [0.29, 0.717) is 11.4 Å². The minimum Gasteiger partial charge on any atom is -0.487 e. The summed E-state index contributed by atoms with van der Waals surface area (Å²) >= 11 is 0. The fourth-order valence-electron chi connectivity index (χ4n) is 4.04. The number of fused-ring (bicyclic) bond motifs is 1. The lowest BCUT2D eigenvalue weighted by molar-refractivity contribution is -0.137. The maximum absolute atomic E-state index is 13.1. The first-order valence-electron chi connectivity index (χ1n) is 11.2. The molecule has 0 aliphatic carbocycles. The lowest BCUT2D eigenvalue weighted by Crippen LogP contribution is -2.44. The van der Waals surface area contributed by atoms with E-state index in [4.69, 9.17) is 10.00 Å². The first-order valence-corrected chi connectivity index (χ1v) is 11.2. The Bertz CT molecular complexity index is 1440. The van der Waals surface area contributed by atoms with Crippen molar-refractivity contribution in [2.45, 2.75) is 12.8 Å². The number of anilines is 1. The Morgan fingerprint density at radius 1 is 1.06 bits per heavy atom. The third kappa shape index (κ3) is 4.78. The van der Waals surface area contributed by atoms with Crippen molar-refractivity contribution in [1.82, 2.24) is 29.9 Å². The van der Waals surface area contributed by atoms with E-state index >= 15 is 0 Å². The van der Waals surface area contributed by atoms with Crippen LogP contribution in [0.1, 0.15) is 16.8 Å². The van der Waals surface area contributed by atoms with Crippen LogP contribution in [0.5, 0.6) is 5.75 Å². The summed E-state index contributed by atoms with van der Waals surface area (Å²) in [6, 6.07) is 10.4. The average molecular weight is 494 g/mol. The van der Waals surface area contributed by atoms with Gasteiger partial charge in [0.05, 0.1) is 34.6 Å². The second-order valence-corrected chi connectivity index (χ2v) is 8.45. The maximum atomic E-state index is 13.1. The number of hydrogen-bond acceptors (Lipinski definition) is 8. The van der Waals surface area contributed by atoms with Crippen LogP contribution in [0.2, 0.25) is 0 Å². The number of ether oxygens (including phenoxy) is 1. The molecule has 2 aromatic heterocycles. The summed E-state index contributed by atoms with van der Waals surface area (Å²) in [4.78, 5) is 13.4. The predicted octanol–water partition coefficient (Wildman–Crippen LogP) is 3.43. The first-order chi connectivity index (χ1) is 17.3. The number of aromatic nitrogens is 5. The molecule has 184 valence electrons. The number of nitrogens with zero attached hydrogens (tertiary/aromatic N) is 8. The highest BCUT2D eigenvalue weighted by Gasteiger charge is 2.33. The van der Waals surface area contributed by atoms with Gasteiger partial charge < -0.3 is 14.5 Å². The third-order valence-corrected chi connectivity index (χ3v) is 6.01. The summed E-state index contributed by atoms with van der Waals surface area (Å²) in [5.74, 6) is 1.46. The Morgan fingerprint density at radius 3 is 2.61 bits per heavy atom. The van der Waals surface area contributed by atoms with Gasteiger partial charge in [0, 0.05) is 31.6 Å². The third-order valence-electron chi connectivity index (χ3n) is 6.01. The van der Waals surface area contributed by atoms with E-state index in [0.717, 1.165) is 55.0 Å². The van der Waals surface area contributed by atoms with E-state index in [1.807, 2.05) is 18.2 Å². The molecule has 0 saturated carbocycles. The van der Waals surface area contributed by atoms with Crippen molar-refractivity contribution >= 4 is 16.7 Å². The van der Waals surface area contributed by atoms with Gasteiger partial charge in [-0.3, -0.25) is 0 Å². The van der Waals surface area contributed by atoms with Gasteiger partial charge in [-0.2, -0.15) is 18.4 Å². The lowest BCUT2D eigenvalue weighted by Gasteiger charge is -2.33. The quantitative estimate of drug-likeness (QED) is 0.417. The van der Waals surface area contributed by atoms with Gasteiger partial charge in [0.25, 0.3) is 0 Å². The van der Waals surface area contributed by atoms with E-state index in [-0.39, 0.29) is 12.3 Å². The largest absolute Gasteiger partial charge is 0.487 e. The van der Waals surface area contributed by atoms with E-state index in [1.165, 1.54) is 10.7 Å². The van der Waals surface area contributed by atoms with Crippen molar-refractivity contribution in [3.8, 4) is 17.5 Å². The number of nitriles is 1. The molecule has 1 aliphatic heterocycles. The van der Waals surface area contributed by atoms with Crippen molar-refractivity contribution in [3.05, 3.63) is 65.7 Å². The van der Waals surface area contributed by atoms with E-state index in [2.05, 4.69) is 37.1 Å². The molecule has 36 heavy (non-hydrogen) atoms. The summed E-state index contributed by atoms with van der Waals surface area (Å²) in [5, 5.41) is 18.0. The van der Waals surface area contributed by atoms with Gasteiger partial charge in [0.15, 0.2) is 0 Å². The van der Waals surface area contributed by atoms with Crippen LogP contribution in [-0.4, -0.2) is 63.1 Å². The zero-order chi connectivity index (χ0) is 25.3. The highest BCUT2D eigenvalue weighted by molar-refractivity contribution is 5.90. The van der Waals surface area contributed by atoms with Crippen LogP contribution in [0, 0.1) is 11.3 Å². The summed E-state index contributed by atoms with van der Waals surface area (Å²) < 4.78 is 46.4. The molecular formula is C24H21F3N8O. The number of hydrogen-bond donors (Lipinski definition) is 0. The van der Waals surface area contributed by atoms with Gasteiger partial charge in [0.2, 0.25) is 0 Å². The molecule has 0 bridgehead atoms. The predicted molar refractivity (Wildman–Crippen MR) is 125 cm³/mol. The van der Waals surface area contributed by atoms with Crippen LogP contribution in [0.3, 0.4) is 0 Å². The Hall–Kier alpha value is -4.24. The van der Waals surface area contributed by atoms with Crippen molar-refractivity contribution in [3.63, 3.8) is 0 Å². The van der Waals surface area contributed by atoms with Gasteiger partial charge in [-0.15, -0.1) is 5.10 Å². The summed E-state index contributed by atoms with van der Waals surface area (Å²) in [7, 11) is 2.09. The monoisotopic (exact) mass is 494 g/mol. The molecule has 0 radical (unpaired) electrons. The van der Waals surface area contributed by atoms with Crippen LogP contribution >= 0.6 is 0 Å². The fraction of sp³-hybridized carbons (Fsp3) is 0.292. The number of halogens is 3. The Balaban J connectivity index is 1.33. The van der Waals surface area contributed by atoms with Crippen LogP contribution < -0.4 is 9.64 Å². The molecule has 3 heterocycles. The molecule has 0 atom stereocenters. The Morgan fingerprint density at radius 2 is 1.86 bits per heavy atom. The van der Waals surface area contributed by atoms with Crippen molar-refractivity contribution in [1.29, 1.82) is 5.26 Å². The highest BCUT2D eigenvalue weighted by atomic mass is 19.4. The summed E-state index contributed by atoms with van der Waals surface area (Å²) in [5.41, 5.74) is 0.0967. The van der Waals surface area contributed by atoms with Gasteiger partial charge in [-0.05, 0) is 43.4 Å². The minimum atomic E-state index is -4.61. The molecule has 0 amide bonds. The zero-order valence-corrected chi connectivity index (χ0v) is 19.3. The molecule has 0 spiro atoms. The topological polar surface area (TPSA) is 96.0 Å². The molecule has 1 aliphatic rings. The number of rotatable bonds is 5. The molecule has 1 saturated heterocycles. The van der Waals surface area contributed by atoms with Gasteiger partial charge in [-0.25, -0.2) is 14.6 Å². The maximum Gasteiger partial charge on any atom is 0.417 e. The lowest BCUT2D eigenvalue weighted by atomic mass is 10.1. The molecule has 4 aromatic rings. The molecule has 1 fully saturated rings. The molecule has 2 aromatic carbocycles. The second-order valence-electron chi connectivity index (χ2n) is 8.45. The Labute approximate surface area is 204 Å². The second kappa shape index (κ2) is 9.43. The summed E-state index contributed by atoms with van der Waals surface area (Å²) in [6.45, 7) is 3.73. The van der Waals surface area contributed by atoms with E-state index in [1.54, 1.807) is 18.6 Å². The molecular weight excluding hydrogens is 473 g/mol. The molecule has 0 unspecified atom stereocenters. The van der Waals surface area contributed by atoms with E-state index < -0.39 is 17.3 Å². The first kappa shape index (κ1) is 23.5. The highest BCUT2D eigenvalue weighted by Crippen LogP contribution is 2.33. The van der Waals surface area contributed by atoms with Crippen molar-refractivity contribution < 1.29 is 17.9 Å². The van der Waals surface area contributed by atoms with Crippen molar-refractivity contribution in [2.75, 3.05) is 38.1 Å². The van der Waals surface area contributed by atoms with E-state index in [9.17, 15) is 13.2 Å². The number of benzene rings is 2. The number of alkyl halides is 3. The van der Waals surface area contributed by atoms with Gasteiger partial charge >= 0.3 is 6.18 Å². The minimum absolute atomic E-state index is 0.0920. The number of likely N-dealkylation sites (N-methyl/N-ethyl adjacent to an activating group) is 1. The molecule has 0 N–H and O–H groups in total. The van der Waals surface area contributed by atoms with Crippen LogP contribution in [-0.2, 0) is 12.8 Å². The summed E-state index contributed by atoms with van der Waals surface area (Å²) in [6.07, 6.45) is -1.50. The Kier molecular flexibility index (Phi) is 6.15. The zero-order valence-electron chi connectivity index (χ0n) is 19.3. The standard InChI is InChI=1S/C24H21F3N8O/c1-33-6-8-34(9-7-33)23-20-11-19(3-5-22(20)29-15-30-23)36-14-17-13-35(32-31-17)18-2-4-21(24(25,26)27)16(10-18)12-28/h2-5,10-11,13,15H,6-9,14H2,1H3. The molecule has 5 rings (SSSR count). The van der Waals surface area contributed by atoms with Crippen LogP contribution in [0.15, 0.2) is 48.9 Å². The number of piperazine rings is 1. The normalized spacial score (nSPS) is 14.7. The van der Waals surface area contributed by atoms with Crippen LogP contribution in [0.25, 0.3) is 16.6 Å². The van der Waals surface area contributed by atoms with Crippen LogP contribution in [0.4, 0.5) is 19.0 Å². The SMILES string of the molecule is CN1CCN(c2ncnc3ccc(OCc4cn(-c5ccc(C(F)(F)F)c(C#N)c5)nn4)cc23)CC1. The van der Waals surface area contributed by atoms with Gasteiger partial charge in [0.1, 0.15) is 30.2 Å². The fourth-order valence-corrected chi connectivity index (χ4v) is 4.04. The van der Waals surface area contributed by atoms with Gasteiger partial charge in [-0.1, -0.05) is 5.21 Å². The van der Waals surface area contributed by atoms with Crippen molar-refractivity contribution in [2.24, 2.45) is 0 Å².